The molecule has 1 saturated heterocycles. The first kappa shape index (κ1) is 15.6. The summed E-state index contributed by atoms with van der Waals surface area (Å²) in [6.07, 6.45) is 3.14. The van der Waals surface area contributed by atoms with Crippen molar-refractivity contribution in [3.63, 3.8) is 0 Å². The minimum Gasteiger partial charge on any atom is -0.504 e. The highest BCUT2D eigenvalue weighted by Gasteiger charge is 2.28. The summed E-state index contributed by atoms with van der Waals surface area (Å²) < 4.78 is 4.99. The van der Waals surface area contributed by atoms with Crippen LogP contribution in [0.3, 0.4) is 0 Å². The Hall–Kier alpha value is -1.75. The van der Waals surface area contributed by atoms with Crippen molar-refractivity contribution in [3.05, 3.63) is 23.8 Å². The number of piperidine rings is 1. The van der Waals surface area contributed by atoms with Gasteiger partial charge < -0.3 is 19.8 Å². The predicted molar refractivity (Wildman–Crippen MR) is 79.6 cm³/mol. The number of methoxy groups -OCH3 is 1. The molecule has 0 aliphatic carbocycles. The molecule has 1 heterocycles. The van der Waals surface area contributed by atoms with Crippen LogP contribution < -0.4 is 4.74 Å². The Bertz CT molecular complexity index is 501. The molecule has 2 N–H and O–H groups in total. The lowest BCUT2D eigenvalue weighted by atomic mass is 9.96. The second-order valence-electron chi connectivity index (χ2n) is 5.62. The lowest BCUT2D eigenvalue weighted by Gasteiger charge is -2.36. The fourth-order valence-electron chi connectivity index (χ4n) is 2.90. The number of aromatic hydroxyl groups is 1. The summed E-state index contributed by atoms with van der Waals surface area (Å²) in [5.74, 6) is 0.219. The van der Waals surface area contributed by atoms with Crippen LogP contribution in [0.5, 0.6) is 11.5 Å². The van der Waals surface area contributed by atoms with E-state index >= 15 is 0 Å². The number of rotatable bonds is 4. The van der Waals surface area contributed by atoms with Gasteiger partial charge in [-0.15, -0.1) is 0 Å². The van der Waals surface area contributed by atoms with Gasteiger partial charge in [0, 0.05) is 18.2 Å². The number of carbonyl (C=O) groups is 1. The van der Waals surface area contributed by atoms with Crippen molar-refractivity contribution in [1.82, 2.24) is 4.90 Å². The van der Waals surface area contributed by atoms with E-state index in [0.29, 0.717) is 24.3 Å². The zero-order chi connectivity index (χ0) is 15.4. The number of amides is 1. The maximum atomic E-state index is 12.6. The van der Waals surface area contributed by atoms with Crippen molar-refractivity contribution in [2.45, 2.75) is 44.8 Å². The molecule has 1 aromatic rings. The molecule has 1 aliphatic heterocycles. The zero-order valence-electron chi connectivity index (χ0n) is 12.6. The SMILES string of the molecule is COc1ccc(C(=O)N2CCCCC2CC(C)O)cc1O. The van der Waals surface area contributed by atoms with Crippen LogP contribution in [0.2, 0.25) is 0 Å². The van der Waals surface area contributed by atoms with E-state index in [2.05, 4.69) is 0 Å². The summed E-state index contributed by atoms with van der Waals surface area (Å²) in [7, 11) is 1.47. The average Bonchev–Trinajstić information content (AvgIpc) is 2.46. The van der Waals surface area contributed by atoms with Gasteiger partial charge in [0.25, 0.3) is 5.91 Å². The summed E-state index contributed by atoms with van der Waals surface area (Å²) in [6.45, 7) is 2.44. The van der Waals surface area contributed by atoms with E-state index in [9.17, 15) is 15.0 Å². The van der Waals surface area contributed by atoms with E-state index in [4.69, 9.17) is 4.74 Å². The second-order valence-corrected chi connectivity index (χ2v) is 5.62. The Labute approximate surface area is 125 Å². The number of hydrogen-bond donors (Lipinski definition) is 2. The summed E-state index contributed by atoms with van der Waals surface area (Å²) in [6, 6.07) is 4.76. The van der Waals surface area contributed by atoms with E-state index in [-0.39, 0.29) is 17.7 Å². The van der Waals surface area contributed by atoms with Crippen LogP contribution in [0, 0.1) is 0 Å². The first-order chi connectivity index (χ1) is 10.0. The highest BCUT2D eigenvalue weighted by atomic mass is 16.5. The normalized spacial score (nSPS) is 20.1. The van der Waals surface area contributed by atoms with E-state index in [1.54, 1.807) is 19.1 Å². The molecule has 1 aliphatic rings. The van der Waals surface area contributed by atoms with Crippen molar-refractivity contribution in [2.75, 3.05) is 13.7 Å². The van der Waals surface area contributed by atoms with Gasteiger partial charge in [-0.3, -0.25) is 4.79 Å². The standard InChI is InChI=1S/C16H23NO4/c1-11(18)9-13-5-3-4-8-17(13)16(20)12-6-7-15(21-2)14(19)10-12/h6-7,10-11,13,18-19H,3-5,8-9H2,1-2H3. The third-order valence-corrected chi connectivity index (χ3v) is 3.93. The number of benzene rings is 1. The van der Waals surface area contributed by atoms with Gasteiger partial charge in [0.1, 0.15) is 0 Å². The first-order valence-corrected chi connectivity index (χ1v) is 7.39. The van der Waals surface area contributed by atoms with Crippen molar-refractivity contribution in [2.24, 2.45) is 0 Å². The van der Waals surface area contributed by atoms with Gasteiger partial charge in [-0.25, -0.2) is 0 Å². The van der Waals surface area contributed by atoms with Crippen LogP contribution >= 0.6 is 0 Å². The molecule has 116 valence electrons. The van der Waals surface area contributed by atoms with Gasteiger partial charge in [-0.2, -0.15) is 0 Å². The van der Waals surface area contributed by atoms with Crippen molar-refractivity contribution in [1.29, 1.82) is 0 Å². The maximum Gasteiger partial charge on any atom is 0.254 e. The molecule has 1 amide bonds. The first-order valence-electron chi connectivity index (χ1n) is 7.39. The molecule has 2 rings (SSSR count). The summed E-state index contributed by atoms with van der Waals surface area (Å²) in [4.78, 5) is 14.5. The monoisotopic (exact) mass is 293 g/mol. The number of carbonyl (C=O) groups excluding carboxylic acids is 1. The number of aliphatic hydroxyl groups excluding tert-OH is 1. The fourth-order valence-corrected chi connectivity index (χ4v) is 2.90. The average molecular weight is 293 g/mol. The lowest BCUT2D eigenvalue weighted by molar-refractivity contribution is 0.0514. The third kappa shape index (κ3) is 3.67. The highest BCUT2D eigenvalue weighted by molar-refractivity contribution is 5.95. The number of aliphatic hydroxyl groups is 1. The Morgan fingerprint density at radius 2 is 2.24 bits per heavy atom. The lowest BCUT2D eigenvalue weighted by Crippen LogP contribution is -2.45. The fraction of sp³-hybridized carbons (Fsp3) is 0.562. The smallest absolute Gasteiger partial charge is 0.254 e. The minimum atomic E-state index is -0.423. The number of nitrogens with zero attached hydrogens (tertiary/aromatic N) is 1. The Kier molecular flexibility index (Phi) is 5.07. The molecule has 2 atom stereocenters. The molecule has 1 aromatic carbocycles. The number of phenols is 1. The van der Waals surface area contributed by atoms with Crippen molar-refractivity contribution >= 4 is 5.91 Å². The molecule has 5 heteroatoms. The van der Waals surface area contributed by atoms with Gasteiger partial charge in [0.2, 0.25) is 0 Å². The summed E-state index contributed by atoms with van der Waals surface area (Å²) >= 11 is 0. The second kappa shape index (κ2) is 6.80. The van der Waals surface area contributed by atoms with Gasteiger partial charge in [-0.05, 0) is 50.8 Å². The Balaban J connectivity index is 2.18. The van der Waals surface area contributed by atoms with Crippen LogP contribution in [0.25, 0.3) is 0 Å². The van der Waals surface area contributed by atoms with Crippen LogP contribution in [0.4, 0.5) is 0 Å². The number of hydrogen-bond acceptors (Lipinski definition) is 4. The van der Waals surface area contributed by atoms with Crippen LogP contribution in [-0.2, 0) is 0 Å². The van der Waals surface area contributed by atoms with Crippen LogP contribution in [0.15, 0.2) is 18.2 Å². The van der Waals surface area contributed by atoms with Gasteiger partial charge in [-0.1, -0.05) is 0 Å². The number of phenolic OH excluding ortho intramolecular Hbond substituents is 1. The van der Waals surface area contributed by atoms with Gasteiger partial charge in [0.15, 0.2) is 11.5 Å². The number of ether oxygens (including phenoxy) is 1. The molecule has 0 radical (unpaired) electrons. The Morgan fingerprint density at radius 3 is 2.86 bits per heavy atom. The van der Waals surface area contributed by atoms with Gasteiger partial charge in [0.05, 0.1) is 13.2 Å². The van der Waals surface area contributed by atoms with Crippen molar-refractivity contribution < 1.29 is 19.7 Å². The van der Waals surface area contributed by atoms with E-state index in [1.165, 1.54) is 13.2 Å². The molecule has 2 unspecified atom stereocenters. The quantitative estimate of drug-likeness (QED) is 0.892. The van der Waals surface area contributed by atoms with E-state index < -0.39 is 6.10 Å². The number of likely N-dealkylation sites (tertiary alicyclic amines) is 1. The largest absolute Gasteiger partial charge is 0.504 e. The van der Waals surface area contributed by atoms with Crippen molar-refractivity contribution in [3.8, 4) is 11.5 Å². The molecule has 0 spiro atoms. The highest BCUT2D eigenvalue weighted by Crippen LogP contribution is 2.29. The molecule has 0 bridgehead atoms. The molecule has 5 nitrogen and oxygen atoms in total. The van der Waals surface area contributed by atoms with E-state index in [1.807, 2.05) is 4.90 Å². The zero-order valence-corrected chi connectivity index (χ0v) is 12.6. The molecular formula is C16H23NO4. The summed E-state index contributed by atoms with van der Waals surface area (Å²) in [5, 5.41) is 19.4. The topological polar surface area (TPSA) is 70.0 Å². The molecule has 0 aromatic heterocycles. The minimum absolute atomic E-state index is 0.0348. The van der Waals surface area contributed by atoms with Gasteiger partial charge >= 0.3 is 0 Å². The molecule has 1 fully saturated rings. The van der Waals surface area contributed by atoms with E-state index in [0.717, 1.165) is 19.3 Å². The summed E-state index contributed by atoms with van der Waals surface area (Å²) in [5.41, 5.74) is 0.450. The Morgan fingerprint density at radius 1 is 1.48 bits per heavy atom. The molecule has 0 saturated carbocycles. The van der Waals surface area contributed by atoms with Crippen LogP contribution in [0.1, 0.15) is 43.0 Å². The van der Waals surface area contributed by atoms with Crippen LogP contribution in [-0.4, -0.2) is 46.8 Å². The molecule has 21 heavy (non-hydrogen) atoms. The third-order valence-electron chi connectivity index (χ3n) is 3.93. The molecular weight excluding hydrogens is 270 g/mol. The maximum absolute atomic E-state index is 12.6. The predicted octanol–water partition coefficient (Wildman–Crippen LogP) is 2.17.